The molecule has 0 aromatic carbocycles. The van der Waals surface area contributed by atoms with E-state index in [9.17, 15) is 9.59 Å². The van der Waals surface area contributed by atoms with Crippen LogP contribution < -0.4 is 10.6 Å². The van der Waals surface area contributed by atoms with E-state index in [1.165, 1.54) is 25.7 Å². The first-order chi connectivity index (χ1) is 9.69. The van der Waals surface area contributed by atoms with E-state index < -0.39 is 0 Å². The van der Waals surface area contributed by atoms with Crippen molar-refractivity contribution in [3.63, 3.8) is 0 Å². The highest BCUT2D eigenvalue weighted by atomic mass is 16.2. The zero-order valence-electron chi connectivity index (χ0n) is 12.2. The normalized spacial score (nSPS) is 36.1. The molecule has 3 rings (SSSR count). The summed E-state index contributed by atoms with van der Waals surface area (Å²) in [6.07, 6.45) is 5.88. The summed E-state index contributed by atoms with van der Waals surface area (Å²) < 4.78 is 0. The highest BCUT2D eigenvalue weighted by Crippen LogP contribution is 2.49. The first-order valence-electron chi connectivity index (χ1n) is 7.90. The van der Waals surface area contributed by atoms with E-state index in [0.29, 0.717) is 25.4 Å². The van der Waals surface area contributed by atoms with Gasteiger partial charge in [0.2, 0.25) is 11.8 Å². The van der Waals surface area contributed by atoms with E-state index >= 15 is 0 Å². The van der Waals surface area contributed by atoms with E-state index in [4.69, 9.17) is 0 Å². The molecule has 2 aliphatic carbocycles. The summed E-state index contributed by atoms with van der Waals surface area (Å²) in [5, 5.41) is 5.87. The monoisotopic (exact) mass is 279 g/mol. The van der Waals surface area contributed by atoms with Crippen molar-refractivity contribution in [3.8, 4) is 0 Å². The van der Waals surface area contributed by atoms with Gasteiger partial charge in [-0.2, -0.15) is 0 Å². The summed E-state index contributed by atoms with van der Waals surface area (Å²) >= 11 is 0. The average Bonchev–Trinajstić information content (AvgIpc) is 3.09. The maximum atomic E-state index is 12.6. The number of carbonyl (C=O) groups is 2. The van der Waals surface area contributed by atoms with Gasteiger partial charge in [0.1, 0.15) is 6.04 Å². The van der Waals surface area contributed by atoms with Crippen LogP contribution >= 0.6 is 0 Å². The number of amides is 2. The highest BCUT2D eigenvalue weighted by Gasteiger charge is 2.41. The Morgan fingerprint density at radius 2 is 2.15 bits per heavy atom. The van der Waals surface area contributed by atoms with E-state index in [2.05, 4.69) is 10.6 Å². The number of hydrogen-bond acceptors (Lipinski definition) is 3. The highest BCUT2D eigenvalue weighted by molar-refractivity contribution is 5.88. The lowest BCUT2D eigenvalue weighted by Crippen LogP contribution is -2.59. The fraction of sp³-hybridized carbons (Fsp3) is 0.867. The van der Waals surface area contributed by atoms with Gasteiger partial charge in [0.15, 0.2) is 0 Å². The Balaban J connectivity index is 1.61. The van der Waals surface area contributed by atoms with Gasteiger partial charge in [-0.3, -0.25) is 9.59 Å². The molecule has 0 aromatic rings. The second-order valence-corrected chi connectivity index (χ2v) is 6.56. The van der Waals surface area contributed by atoms with Crippen molar-refractivity contribution in [1.82, 2.24) is 15.5 Å². The maximum absolute atomic E-state index is 12.6. The van der Waals surface area contributed by atoms with Crippen molar-refractivity contribution < 1.29 is 9.59 Å². The van der Waals surface area contributed by atoms with Gasteiger partial charge in [0, 0.05) is 33.1 Å². The van der Waals surface area contributed by atoms with E-state index in [-0.39, 0.29) is 17.9 Å². The predicted octanol–water partition coefficient (Wildman–Crippen LogP) is 0.359. The Morgan fingerprint density at radius 1 is 1.30 bits per heavy atom. The molecule has 3 aliphatic rings. The van der Waals surface area contributed by atoms with Gasteiger partial charge < -0.3 is 15.5 Å². The topological polar surface area (TPSA) is 61.4 Å². The van der Waals surface area contributed by atoms with Gasteiger partial charge in [-0.05, 0) is 37.0 Å². The fourth-order valence-electron chi connectivity index (χ4n) is 4.37. The van der Waals surface area contributed by atoms with Crippen molar-refractivity contribution >= 4 is 11.8 Å². The molecular formula is C15H25N3O2. The van der Waals surface area contributed by atoms with Crippen molar-refractivity contribution in [1.29, 1.82) is 0 Å². The number of piperazine rings is 1. The molecule has 1 heterocycles. The van der Waals surface area contributed by atoms with E-state index in [0.717, 1.165) is 18.4 Å². The zero-order valence-corrected chi connectivity index (χ0v) is 12.2. The number of fused-ring (bicyclic) bond motifs is 2. The van der Waals surface area contributed by atoms with Gasteiger partial charge in [-0.25, -0.2) is 0 Å². The van der Waals surface area contributed by atoms with E-state index in [1.54, 1.807) is 11.9 Å². The van der Waals surface area contributed by atoms with Crippen LogP contribution in [0.25, 0.3) is 0 Å². The van der Waals surface area contributed by atoms with E-state index in [1.807, 2.05) is 0 Å². The van der Waals surface area contributed by atoms with Gasteiger partial charge >= 0.3 is 0 Å². The molecule has 2 bridgehead atoms. The first-order valence-corrected chi connectivity index (χ1v) is 7.90. The molecule has 112 valence electrons. The fourth-order valence-corrected chi connectivity index (χ4v) is 4.37. The Kier molecular flexibility index (Phi) is 3.96. The summed E-state index contributed by atoms with van der Waals surface area (Å²) in [6, 6.07) is -0.333. The lowest BCUT2D eigenvalue weighted by molar-refractivity contribution is -0.142. The van der Waals surface area contributed by atoms with Crippen molar-refractivity contribution in [2.24, 2.45) is 17.8 Å². The molecule has 2 amide bonds. The summed E-state index contributed by atoms with van der Waals surface area (Å²) in [7, 11) is 1.63. The van der Waals surface area contributed by atoms with Crippen LogP contribution in [0.5, 0.6) is 0 Å². The molecule has 1 saturated heterocycles. The second-order valence-electron chi connectivity index (χ2n) is 6.56. The molecule has 4 unspecified atom stereocenters. The summed E-state index contributed by atoms with van der Waals surface area (Å²) in [6.45, 7) is 2.01. The molecule has 0 aromatic heterocycles. The van der Waals surface area contributed by atoms with Crippen LogP contribution in [-0.4, -0.2) is 49.4 Å². The third-order valence-electron chi connectivity index (χ3n) is 5.43. The van der Waals surface area contributed by atoms with Crippen LogP contribution in [-0.2, 0) is 9.59 Å². The molecule has 1 aliphatic heterocycles. The predicted molar refractivity (Wildman–Crippen MR) is 76.0 cm³/mol. The van der Waals surface area contributed by atoms with Crippen LogP contribution in [0, 0.1) is 17.8 Å². The van der Waals surface area contributed by atoms with Crippen LogP contribution in [0.2, 0.25) is 0 Å². The standard InChI is InChI=1S/C15H25N3O2/c1-16-15(20)13-9-17-4-5-18(13)14(19)8-12-7-10-2-3-11(12)6-10/h10-13,17H,2-9H2,1H3,(H,16,20). The Labute approximate surface area is 120 Å². The Hall–Kier alpha value is -1.10. The molecule has 0 radical (unpaired) electrons. The molecule has 4 atom stereocenters. The SMILES string of the molecule is CNC(=O)C1CNCCN1C(=O)CC1CC2CCC1C2. The number of likely N-dealkylation sites (N-methyl/N-ethyl adjacent to an activating group) is 1. The number of nitrogens with one attached hydrogen (secondary N) is 2. The lowest BCUT2D eigenvalue weighted by Gasteiger charge is -2.36. The second kappa shape index (κ2) is 5.72. The zero-order chi connectivity index (χ0) is 14.1. The van der Waals surface area contributed by atoms with Crippen molar-refractivity contribution in [2.45, 2.75) is 38.1 Å². The van der Waals surface area contributed by atoms with Gasteiger partial charge in [-0.1, -0.05) is 6.42 Å². The maximum Gasteiger partial charge on any atom is 0.243 e. The smallest absolute Gasteiger partial charge is 0.243 e. The summed E-state index contributed by atoms with van der Waals surface area (Å²) in [5.41, 5.74) is 0. The van der Waals surface area contributed by atoms with Gasteiger partial charge in [-0.15, -0.1) is 0 Å². The van der Waals surface area contributed by atoms with Gasteiger partial charge in [0.05, 0.1) is 0 Å². The third kappa shape index (κ3) is 2.55. The van der Waals surface area contributed by atoms with Crippen molar-refractivity contribution in [2.75, 3.05) is 26.7 Å². The Bertz CT molecular complexity index is 399. The van der Waals surface area contributed by atoms with Gasteiger partial charge in [0.25, 0.3) is 0 Å². The van der Waals surface area contributed by atoms with Crippen LogP contribution in [0.3, 0.4) is 0 Å². The third-order valence-corrected chi connectivity index (χ3v) is 5.43. The minimum atomic E-state index is -0.333. The van der Waals surface area contributed by atoms with Crippen LogP contribution in [0.4, 0.5) is 0 Å². The average molecular weight is 279 g/mol. The molecule has 20 heavy (non-hydrogen) atoms. The molecule has 2 N–H and O–H groups in total. The van der Waals surface area contributed by atoms with Crippen LogP contribution in [0.15, 0.2) is 0 Å². The van der Waals surface area contributed by atoms with Crippen molar-refractivity contribution in [3.05, 3.63) is 0 Å². The minimum Gasteiger partial charge on any atom is -0.357 e. The largest absolute Gasteiger partial charge is 0.357 e. The molecule has 3 fully saturated rings. The summed E-state index contributed by atoms with van der Waals surface area (Å²) in [4.78, 5) is 26.3. The van der Waals surface area contributed by atoms with Crippen LogP contribution in [0.1, 0.15) is 32.1 Å². The number of rotatable bonds is 3. The molecule has 2 saturated carbocycles. The molecular weight excluding hydrogens is 254 g/mol. The quantitative estimate of drug-likeness (QED) is 0.784. The number of hydrogen-bond donors (Lipinski definition) is 2. The minimum absolute atomic E-state index is 0.0570. The number of carbonyl (C=O) groups excluding carboxylic acids is 2. The number of nitrogens with zero attached hydrogens (tertiary/aromatic N) is 1. The Morgan fingerprint density at radius 3 is 2.80 bits per heavy atom. The summed E-state index contributed by atoms with van der Waals surface area (Å²) in [5.74, 6) is 2.33. The molecule has 0 spiro atoms. The molecule has 5 heteroatoms. The lowest BCUT2D eigenvalue weighted by atomic mass is 9.86. The molecule has 5 nitrogen and oxygen atoms in total. The first kappa shape index (κ1) is 13.9.